The van der Waals surface area contributed by atoms with Crippen LogP contribution in [0.4, 0.5) is 0 Å². The molecule has 0 radical (unpaired) electrons. The Bertz CT molecular complexity index is 1070. The van der Waals surface area contributed by atoms with Gasteiger partial charge in [-0.1, -0.05) is 39.0 Å². The molecular formula is C22H28N4O2S2. The number of hydrogen-bond donors (Lipinski definition) is 0. The van der Waals surface area contributed by atoms with Gasteiger partial charge in [-0.25, -0.2) is 8.96 Å². The molecule has 0 saturated carbocycles. The minimum absolute atomic E-state index is 0.116. The van der Waals surface area contributed by atoms with E-state index in [-0.39, 0.29) is 11.3 Å². The van der Waals surface area contributed by atoms with E-state index in [2.05, 4.69) is 55.0 Å². The van der Waals surface area contributed by atoms with Gasteiger partial charge in [0.2, 0.25) is 0 Å². The van der Waals surface area contributed by atoms with E-state index >= 15 is 0 Å². The molecule has 0 aliphatic heterocycles. The van der Waals surface area contributed by atoms with Gasteiger partial charge in [0.05, 0.1) is 17.3 Å². The first-order valence-electron chi connectivity index (χ1n) is 9.70. The Kier molecular flexibility index (Phi) is 6.69. The summed E-state index contributed by atoms with van der Waals surface area (Å²) in [5.74, 6) is 0.572. The van der Waals surface area contributed by atoms with E-state index < -0.39 is 10.2 Å². The van der Waals surface area contributed by atoms with Crippen LogP contribution in [0.3, 0.4) is 0 Å². The van der Waals surface area contributed by atoms with E-state index in [1.54, 1.807) is 24.2 Å². The third-order valence-electron chi connectivity index (χ3n) is 4.85. The van der Waals surface area contributed by atoms with Crippen LogP contribution in [0.2, 0.25) is 0 Å². The summed E-state index contributed by atoms with van der Waals surface area (Å²) in [5.41, 5.74) is 2.95. The molecule has 0 spiro atoms. The third-order valence-corrected chi connectivity index (χ3v) is 7.61. The van der Waals surface area contributed by atoms with E-state index in [1.165, 1.54) is 30.3 Å². The number of nitrogens with zero attached hydrogens (tertiary/aromatic N) is 4. The summed E-state index contributed by atoms with van der Waals surface area (Å²) < 4.78 is 27.2. The van der Waals surface area contributed by atoms with Crippen molar-refractivity contribution in [3.05, 3.63) is 78.1 Å². The Balaban J connectivity index is 1.85. The van der Waals surface area contributed by atoms with Gasteiger partial charge in [0.15, 0.2) is 0 Å². The van der Waals surface area contributed by atoms with Gasteiger partial charge in [-0.3, -0.25) is 4.98 Å². The Morgan fingerprint density at radius 2 is 1.73 bits per heavy atom. The molecule has 0 aliphatic rings. The van der Waals surface area contributed by atoms with Gasteiger partial charge >= 0.3 is 10.2 Å². The third kappa shape index (κ3) is 5.11. The largest absolute Gasteiger partial charge is 0.308 e. The van der Waals surface area contributed by atoms with Gasteiger partial charge in [-0.15, -0.1) is 11.8 Å². The summed E-state index contributed by atoms with van der Waals surface area (Å²) in [6.45, 7) is 6.60. The lowest BCUT2D eigenvalue weighted by atomic mass is 9.87. The van der Waals surface area contributed by atoms with Crippen LogP contribution < -0.4 is 0 Å². The molecular weight excluding hydrogens is 416 g/mol. The van der Waals surface area contributed by atoms with E-state index in [0.29, 0.717) is 11.4 Å². The molecule has 30 heavy (non-hydrogen) atoms. The summed E-state index contributed by atoms with van der Waals surface area (Å²) in [6, 6.07) is 14.4. The predicted octanol–water partition coefficient (Wildman–Crippen LogP) is 4.15. The molecule has 1 atom stereocenters. The normalized spacial score (nSPS) is 13.5. The number of thioether (sulfide) groups is 1. The molecule has 0 fully saturated rings. The monoisotopic (exact) mass is 444 g/mol. The second-order valence-corrected chi connectivity index (χ2v) is 11.5. The van der Waals surface area contributed by atoms with Crippen molar-refractivity contribution >= 4 is 22.0 Å². The first kappa shape index (κ1) is 22.5. The number of benzene rings is 1. The fraction of sp³-hybridized carbons (Fsp3) is 0.364. The summed E-state index contributed by atoms with van der Waals surface area (Å²) in [6.07, 6.45) is 4.68. The van der Waals surface area contributed by atoms with Crippen LogP contribution in [-0.4, -0.2) is 46.5 Å². The lowest BCUT2D eigenvalue weighted by molar-refractivity contribution is 0.510. The van der Waals surface area contributed by atoms with Crippen molar-refractivity contribution in [1.82, 2.24) is 18.2 Å². The van der Waals surface area contributed by atoms with E-state index in [4.69, 9.17) is 0 Å². The zero-order valence-electron chi connectivity index (χ0n) is 18.0. The highest BCUT2D eigenvalue weighted by atomic mass is 32.2. The van der Waals surface area contributed by atoms with Crippen molar-refractivity contribution in [3.8, 4) is 0 Å². The van der Waals surface area contributed by atoms with E-state index in [9.17, 15) is 8.42 Å². The van der Waals surface area contributed by atoms with Crippen LogP contribution in [-0.2, 0) is 15.6 Å². The molecule has 0 amide bonds. The quantitative estimate of drug-likeness (QED) is 0.512. The standard InChI is InChI=1S/C22H28N4O2S2/c1-22(2,3)17-9-11-18(12-10-17)29-15-19(20-8-6-7-13-23-20)21-14-26(16-24-21)30(27,28)25(4)5/h6-14,16,19H,15H2,1-5H3. The lowest BCUT2D eigenvalue weighted by Gasteiger charge is -2.19. The van der Waals surface area contributed by atoms with Gasteiger partial charge in [0.1, 0.15) is 6.33 Å². The van der Waals surface area contributed by atoms with E-state index in [1.807, 2.05) is 18.2 Å². The number of imidazole rings is 1. The topological polar surface area (TPSA) is 68.1 Å². The molecule has 0 saturated heterocycles. The van der Waals surface area contributed by atoms with Gasteiger partial charge in [-0.2, -0.15) is 12.7 Å². The maximum atomic E-state index is 12.4. The Hall–Kier alpha value is -2.16. The SMILES string of the molecule is CN(C)S(=O)(=O)n1cnc(C(CSc2ccc(C(C)(C)C)cc2)c2ccccn2)c1. The van der Waals surface area contributed by atoms with Crippen LogP contribution in [0.15, 0.2) is 66.1 Å². The molecule has 3 aromatic rings. The molecule has 0 aliphatic carbocycles. The zero-order chi connectivity index (χ0) is 21.9. The summed E-state index contributed by atoms with van der Waals surface area (Å²) in [7, 11) is -0.593. The van der Waals surface area contributed by atoms with Gasteiger partial charge in [-0.05, 0) is 35.2 Å². The Labute approximate surface area is 183 Å². The molecule has 1 aromatic carbocycles. The molecule has 0 N–H and O–H groups in total. The molecule has 0 bridgehead atoms. The van der Waals surface area contributed by atoms with Crippen molar-refractivity contribution in [2.24, 2.45) is 0 Å². The number of rotatable bonds is 7. The van der Waals surface area contributed by atoms with Crippen LogP contribution >= 0.6 is 11.8 Å². The van der Waals surface area contributed by atoms with Crippen molar-refractivity contribution in [1.29, 1.82) is 0 Å². The fourth-order valence-corrected chi connectivity index (χ4v) is 4.76. The average Bonchev–Trinajstić information content (AvgIpc) is 3.19. The number of pyridine rings is 1. The molecule has 2 aromatic heterocycles. The average molecular weight is 445 g/mol. The van der Waals surface area contributed by atoms with Crippen LogP contribution in [0.1, 0.15) is 43.6 Å². The first-order valence-corrected chi connectivity index (χ1v) is 12.1. The molecule has 2 heterocycles. The van der Waals surface area contributed by atoms with E-state index in [0.717, 1.165) is 14.6 Å². The summed E-state index contributed by atoms with van der Waals surface area (Å²) in [4.78, 5) is 10.1. The summed E-state index contributed by atoms with van der Waals surface area (Å²) in [5, 5.41) is 0. The highest BCUT2D eigenvalue weighted by molar-refractivity contribution is 7.99. The van der Waals surface area contributed by atoms with Crippen molar-refractivity contribution < 1.29 is 8.42 Å². The summed E-state index contributed by atoms with van der Waals surface area (Å²) >= 11 is 1.71. The second kappa shape index (κ2) is 8.91. The van der Waals surface area contributed by atoms with Gasteiger partial charge in [0, 0.05) is 37.1 Å². The highest BCUT2D eigenvalue weighted by Crippen LogP contribution is 2.31. The van der Waals surface area contributed by atoms with Crippen molar-refractivity contribution in [2.45, 2.75) is 37.0 Å². The van der Waals surface area contributed by atoms with Gasteiger partial charge in [0.25, 0.3) is 0 Å². The minimum atomic E-state index is -3.60. The maximum absolute atomic E-state index is 12.4. The molecule has 160 valence electrons. The zero-order valence-corrected chi connectivity index (χ0v) is 19.6. The van der Waals surface area contributed by atoms with Gasteiger partial charge < -0.3 is 0 Å². The number of hydrogen-bond acceptors (Lipinski definition) is 5. The Morgan fingerprint density at radius 3 is 2.30 bits per heavy atom. The number of aromatic nitrogens is 3. The fourth-order valence-electron chi connectivity index (χ4n) is 2.95. The highest BCUT2D eigenvalue weighted by Gasteiger charge is 2.23. The van der Waals surface area contributed by atoms with Crippen LogP contribution in [0, 0.1) is 0 Å². The predicted molar refractivity (Wildman–Crippen MR) is 122 cm³/mol. The van der Waals surface area contributed by atoms with Crippen LogP contribution in [0.25, 0.3) is 0 Å². The van der Waals surface area contributed by atoms with Crippen molar-refractivity contribution in [3.63, 3.8) is 0 Å². The first-order chi connectivity index (χ1) is 14.1. The minimum Gasteiger partial charge on any atom is -0.261 e. The molecule has 6 nitrogen and oxygen atoms in total. The lowest BCUT2D eigenvalue weighted by Crippen LogP contribution is -2.27. The Morgan fingerprint density at radius 1 is 1.03 bits per heavy atom. The van der Waals surface area contributed by atoms with Crippen molar-refractivity contribution in [2.75, 3.05) is 19.8 Å². The molecule has 1 unspecified atom stereocenters. The second-order valence-electron chi connectivity index (χ2n) is 8.31. The molecule has 8 heteroatoms. The molecule has 3 rings (SSSR count). The smallest absolute Gasteiger partial charge is 0.261 e. The van der Waals surface area contributed by atoms with Crippen LogP contribution in [0.5, 0.6) is 0 Å². The maximum Gasteiger partial charge on any atom is 0.308 e.